The molecule has 0 aliphatic carbocycles. The summed E-state index contributed by atoms with van der Waals surface area (Å²) in [5.74, 6) is 0. The van der Waals surface area contributed by atoms with E-state index in [4.69, 9.17) is 16.3 Å². The molecule has 0 aromatic heterocycles. The lowest BCUT2D eigenvalue weighted by atomic mass is 9.87. The summed E-state index contributed by atoms with van der Waals surface area (Å²) >= 11 is 9.51. The van der Waals surface area contributed by atoms with Gasteiger partial charge in [0.2, 0.25) is 0 Å². The SMILES string of the molecule is OC1(Cc2ccc(Br)cc2Cl)CCOCC1. The smallest absolute Gasteiger partial charge is 0.0732 e. The van der Waals surface area contributed by atoms with Gasteiger partial charge in [0.15, 0.2) is 0 Å². The highest BCUT2D eigenvalue weighted by Gasteiger charge is 2.30. The van der Waals surface area contributed by atoms with Crippen molar-refractivity contribution in [2.75, 3.05) is 13.2 Å². The molecule has 0 radical (unpaired) electrons. The van der Waals surface area contributed by atoms with E-state index in [9.17, 15) is 5.11 Å². The number of rotatable bonds is 2. The molecule has 2 nitrogen and oxygen atoms in total. The van der Waals surface area contributed by atoms with Crippen LogP contribution in [0.3, 0.4) is 0 Å². The lowest BCUT2D eigenvalue weighted by molar-refractivity contribution is -0.0625. The van der Waals surface area contributed by atoms with E-state index in [-0.39, 0.29) is 0 Å². The third-order valence-corrected chi connectivity index (χ3v) is 3.80. The summed E-state index contributed by atoms with van der Waals surface area (Å²) in [6, 6.07) is 5.77. The molecule has 1 fully saturated rings. The minimum Gasteiger partial charge on any atom is -0.389 e. The maximum absolute atomic E-state index is 10.4. The fourth-order valence-corrected chi connectivity index (χ4v) is 2.69. The van der Waals surface area contributed by atoms with Gasteiger partial charge in [-0.1, -0.05) is 33.6 Å². The predicted octanol–water partition coefficient (Wildman–Crippen LogP) is 3.19. The molecule has 1 aliphatic heterocycles. The van der Waals surface area contributed by atoms with Crippen LogP contribution in [0.4, 0.5) is 0 Å². The molecule has 0 atom stereocenters. The fraction of sp³-hybridized carbons (Fsp3) is 0.500. The van der Waals surface area contributed by atoms with Crippen molar-refractivity contribution in [1.82, 2.24) is 0 Å². The van der Waals surface area contributed by atoms with Gasteiger partial charge in [-0.05, 0) is 30.5 Å². The Hall–Kier alpha value is -0.0900. The van der Waals surface area contributed by atoms with Crippen LogP contribution in [0.25, 0.3) is 0 Å². The van der Waals surface area contributed by atoms with Gasteiger partial charge < -0.3 is 9.84 Å². The normalized spacial score (nSPS) is 19.7. The molecule has 88 valence electrons. The van der Waals surface area contributed by atoms with E-state index in [2.05, 4.69) is 15.9 Å². The minimum absolute atomic E-state index is 0.600. The Morgan fingerprint density at radius 1 is 1.38 bits per heavy atom. The molecule has 1 saturated heterocycles. The van der Waals surface area contributed by atoms with Gasteiger partial charge in [-0.25, -0.2) is 0 Å². The maximum Gasteiger partial charge on any atom is 0.0732 e. The lowest BCUT2D eigenvalue weighted by Crippen LogP contribution is -2.38. The van der Waals surface area contributed by atoms with E-state index >= 15 is 0 Å². The van der Waals surface area contributed by atoms with E-state index in [0.717, 1.165) is 10.0 Å². The molecule has 4 heteroatoms. The van der Waals surface area contributed by atoms with Crippen LogP contribution < -0.4 is 0 Å². The monoisotopic (exact) mass is 304 g/mol. The molecule has 1 aromatic carbocycles. The molecule has 16 heavy (non-hydrogen) atoms. The average molecular weight is 306 g/mol. The van der Waals surface area contributed by atoms with Crippen molar-refractivity contribution < 1.29 is 9.84 Å². The zero-order valence-corrected chi connectivity index (χ0v) is 11.2. The standard InChI is InChI=1S/C12H14BrClO2/c13-10-2-1-9(11(14)7-10)8-12(15)3-5-16-6-4-12/h1-2,7,15H,3-6,8H2. The fourth-order valence-electron chi connectivity index (χ4n) is 1.95. The zero-order chi connectivity index (χ0) is 11.6. The Labute approximate surface area is 109 Å². The third-order valence-electron chi connectivity index (χ3n) is 2.96. The third kappa shape index (κ3) is 2.98. The highest BCUT2D eigenvalue weighted by atomic mass is 79.9. The van der Waals surface area contributed by atoms with Gasteiger partial charge in [-0.3, -0.25) is 0 Å². The highest BCUT2D eigenvalue weighted by Crippen LogP contribution is 2.29. The van der Waals surface area contributed by atoms with E-state index < -0.39 is 5.60 Å². The summed E-state index contributed by atoms with van der Waals surface area (Å²) in [4.78, 5) is 0. The Kier molecular flexibility index (Phi) is 3.90. The molecule has 0 saturated carbocycles. The summed E-state index contributed by atoms with van der Waals surface area (Å²) in [6.45, 7) is 1.26. The van der Waals surface area contributed by atoms with Gasteiger partial charge in [0.1, 0.15) is 0 Å². The molecule has 1 aliphatic rings. The molecule has 0 unspecified atom stereocenters. The van der Waals surface area contributed by atoms with Crippen LogP contribution >= 0.6 is 27.5 Å². The molecular weight excluding hydrogens is 291 g/mol. The first kappa shape index (κ1) is 12.4. The van der Waals surface area contributed by atoms with Crippen molar-refractivity contribution in [1.29, 1.82) is 0 Å². The van der Waals surface area contributed by atoms with Crippen molar-refractivity contribution in [2.24, 2.45) is 0 Å². The molecule has 0 spiro atoms. The van der Waals surface area contributed by atoms with E-state index in [1.54, 1.807) is 0 Å². The van der Waals surface area contributed by atoms with Gasteiger partial charge in [-0.15, -0.1) is 0 Å². The summed E-state index contributed by atoms with van der Waals surface area (Å²) in [6.07, 6.45) is 1.96. The molecule has 1 aromatic rings. The van der Waals surface area contributed by atoms with Crippen molar-refractivity contribution in [3.63, 3.8) is 0 Å². The first-order valence-electron chi connectivity index (χ1n) is 5.33. The van der Waals surface area contributed by atoms with Gasteiger partial charge in [0.05, 0.1) is 5.60 Å². The van der Waals surface area contributed by atoms with Gasteiger partial charge in [0, 0.05) is 29.1 Å². The number of halogens is 2. The van der Waals surface area contributed by atoms with Crippen LogP contribution in [0.1, 0.15) is 18.4 Å². The van der Waals surface area contributed by atoms with E-state index in [0.29, 0.717) is 37.5 Å². The molecular formula is C12H14BrClO2. The predicted molar refractivity (Wildman–Crippen MR) is 67.9 cm³/mol. The quantitative estimate of drug-likeness (QED) is 0.909. The van der Waals surface area contributed by atoms with Crippen molar-refractivity contribution in [3.8, 4) is 0 Å². The second kappa shape index (κ2) is 5.05. The largest absolute Gasteiger partial charge is 0.389 e. The molecule has 1 heterocycles. The molecule has 1 N–H and O–H groups in total. The van der Waals surface area contributed by atoms with Crippen LogP contribution in [0.2, 0.25) is 5.02 Å². The summed E-state index contributed by atoms with van der Waals surface area (Å²) in [7, 11) is 0. The zero-order valence-electron chi connectivity index (χ0n) is 8.88. The summed E-state index contributed by atoms with van der Waals surface area (Å²) in [5, 5.41) is 11.1. The Balaban J connectivity index is 2.13. The van der Waals surface area contributed by atoms with Crippen molar-refractivity contribution >= 4 is 27.5 Å². The Morgan fingerprint density at radius 3 is 2.69 bits per heavy atom. The van der Waals surface area contributed by atoms with Crippen molar-refractivity contribution in [2.45, 2.75) is 24.9 Å². The van der Waals surface area contributed by atoms with Crippen LogP contribution in [-0.2, 0) is 11.2 Å². The molecule has 2 rings (SSSR count). The van der Waals surface area contributed by atoms with Gasteiger partial charge in [0.25, 0.3) is 0 Å². The average Bonchev–Trinajstić information content (AvgIpc) is 2.23. The number of aliphatic hydroxyl groups is 1. The topological polar surface area (TPSA) is 29.5 Å². The van der Waals surface area contributed by atoms with Crippen LogP contribution in [-0.4, -0.2) is 23.9 Å². The van der Waals surface area contributed by atoms with Gasteiger partial charge >= 0.3 is 0 Å². The molecule has 0 amide bonds. The maximum atomic E-state index is 10.4. The number of hydrogen-bond donors (Lipinski definition) is 1. The number of ether oxygens (including phenoxy) is 1. The highest BCUT2D eigenvalue weighted by molar-refractivity contribution is 9.10. The summed E-state index contributed by atoms with van der Waals surface area (Å²) < 4.78 is 6.21. The second-order valence-electron chi connectivity index (χ2n) is 4.25. The van der Waals surface area contributed by atoms with Gasteiger partial charge in [-0.2, -0.15) is 0 Å². The van der Waals surface area contributed by atoms with Crippen molar-refractivity contribution in [3.05, 3.63) is 33.3 Å². The van der Waals surface area contributed by atoms with Crippen LogP contribution in [0.5, 0.6) is 0 Å². The first-order chi connectivity index (χ1) is 7.59. The minimum atomic E-state index is -0.657. The second-order valence-corrected chi connectivity index (χ2v) is 5.57. The lowest BCUT2D eigenvalue weighted by Gasteiger charge is -2.32. The van der Waals surface area contributed by atoms with E-state index in [1.165, 1.54) is 0 Å². The first-order valence-corrected chi connectivity index (χ1v) is 6.50. The van der Waals surface area contributed by atoms with Crippen LogP contribution in [0, 0.1) is 0 Å². The van der Waals surface area contributed by atoms with Crippen LogP contribution in [0.15, 0.2) is 22.7 Å². The van der Waals surface area contributed by atoms with E-state index in [1.807, 2.05) is 18.2 Å². The molecule has 0 bridgehead atoms. The number of benzene rings is 1. The Morgan fingerprint density at radius 2 is 2.06 bits per heavy atom. The Bertz CT molecular complexity index is 375. The number of hydrogen-bond acceptors (Lipinski definition) is 2. The summed E-state index contributed by atoms with van der Waals surface area (Å²) in [5.41, 5.74) is 0.338.